The Balaban J connectivity index is 1.96. The van der Waals surface area contributed by atoms with E-state index in [9.17, 15) is 9.18 Å². The largest absolute Gasteiger partial charge is 0.396 e. The lowest BCUT2D eigenvalue weighted by atomic mass is 9.98. The third-order valence-corrected chi connectivity index (χ3v) is 4.26. The molecule has 1 amide bonds. The van der Waals surface area contributed by atoms with Crippen LogP contribution in [0.2, 0.25) is 0 Å². The summed E-state index contributed by atoms with van der Waals surface area (Å²) in [4.78, 5) is 14.4. The highest BCUT2D eigenvalue weighted by Gasteiger charge is 2.19. The van der Waals surface area contributed by atoms with E-state index >= 15 is 0 Å². The second kappa shape index (κ2) is 6.54. The molecule has 4 nitrogen and oxygen atoms in total. The van der Waals surface area contributed by atoms with Gasteiger partial charge >= 0.3 is 0 Å². The molecule has 0 aliphatic carbocycles. The molecular weight excluding hydrogens is 325 g/mol. The number of likely N-dealkylation sites (tertiary alicyclic amines) is 1. The topological polar surface area (TPSA) is 58.4 Å². The first-order chi connectivity index (χ1) is 9.47. The van der Waals surface area contributed by atoms with Gasteiger partial charge in [-0.2, -0.15) is 0 Å². The van der Waals surface area contributed by atoms with Gasteiger partial charge in [-0.05, 0) is 60.4 Å². The Kier molecular flexibility index (Phi) is 4.99. The Bertz CT molecular complexity index is 509. The fraction of sp³-hybridized carbons (Fsp3) is 0.500. The molecule has 20 heavy (non-hydrogen) atoms. The predicted octanol–water partition coefficient (Wildman–Crippen LogP) is 2.24. The lowest BCUT2D eigenvalue weighted by Crippen LogP contribution is -2.39. The summed E-state index contributed by atoms with van der Waals surface area (Å²) in [6.07, 6.45) is 2.28. The van der Waals surface area contributed by atoms with Crippen molar-refractivity contribution in [2.45, 2.75) is 12.8 Å². The van der Waals surface area contributed by atoms with Gasteiger partial charge in [0.15, 0.2) is 0 Å². The number of carbonyl (C=O) groups excluding carboxylic acids is 1. The SMILES string of the molecule is CN1CCCC(CNC(=O)c2cc(N)c(F)cc2Br)C1. The van der Waals surface area contributed by atoms with Gasteiger partial charge in [-0.15, -0.1) is 0 Å². The summed E-state index contributed by atoms with van der Waals surface area (Å²) in [5.74, 6) is -0.284. The van der Waals surface area contributed by atoms with Gasteiger partial charge in [0.25, 0.3) is 5.91 Å². The quantitative estimate of drug-likeness (QED) is 0.827. The number of halogens is 2. The van der Waals surface area contributed by atoms with Gasteiger partial charge in [0.2, 0.25) is 0 Å². The molecule has 1 aromatic rings. The molecule has 0 bridgehead atoms. The molecular formula is C14H19BrFN3O. The van der Waals surface area contributed by atoms with E-state index in [1.165, 1.54) is 12.1 Å². The summed E-state index contributed by atoms with van der Waals surface area (Å²) < 4.78 is 13.7. The number of nitrogen functional groups attached to an aromatic ring is 1. The number of hydrogen-bond acceptors (Lipinski definition) is 3. The van der Waals surface area contributed by atoms with E-state index in [2.05, 4.69) is 33.2 Å². The highest BCUT2D eigenvalue weighted by molar-refractivity contribution is 9.10. The summed E-state index contributed by atoms with van der Waals surface area (Å²) in [6.45, 7) is 2.74. The highest BCUT2D eigenvalue weighted by Crippen LogP contribution is 2.23. The van der Waals surface area contributed by atoms with Crippen molar-refractivity contribution < 1.29 is 9.18 Å². The van der Waals surface area contributed by atoms with Crippen molar-refractivity contribution in [2.75, 3.05) is 32.4 Å². The molecule has 1 saturated heterocycles. The van der Waals surface area contributed by atoms with Crippen molar-refractivity contribution in [3.05, 3.63) is 28.0 Å². The lowest BCUT2D eigenvalue weighted by molar-refractivity contribution is 0.0936. The number of piperidine rings is 1. The molecule has 1 unspecified atom stereocenters. The summed E-state index contributed by atoms with van der Waals surface area (Å²) in [7, 11) is 2.09. The third kappa shape index (κ3) is 3.70. The van der Waals surface area contributed by atoms with Crippen LogP contribution >= 0.6 is 15.9 Å². The Labute approximate surface area is 126 Å². The maximum Gasteiger partial charge on any atom is 0.252 e. The van der Waals surface area contributed by atoms with Crippen LogP contribution in [-0.4, -0.2) is 37.5 Å². The van der Waals surface area contributed by atoms with E-state index in [-0.39, 0.29) is 11.6 Å². The zero-order chi connectivity index (χ0) is 14.7. The van der Waals surface area contributed by atoms with Crippen LogP contribution in [0.4, 0.5) is 10.1 Å². The van der Waals surface area contributed by atoms with Gasteiger partial charge in [0.05, 0.1) is 11.3 Å². The maximum absolute atomic E-state index is 13.3. The molecule has 0 radical (unpaired) electrons. The van der Waals surface area contributed by atoms with Crippen LogP contribution in [0.1, 0.15) is 23.2 Å². The van der Waals surface area contributed by atoms with Crippen LogP contribution in [-0.2, 0) is 0 Å². The molecule has 1 atom stereocenters. The van der Waals surface area contributed by atoms with Crippen LogP contribution in [0.25, 0.3) is 0 Å². The average molecular weight is 344 g/mol. The first kappa shape index (κ1) is 15.3. The molecule has 6 heteroatoms. The van der Waals surface area contributed by atoms with Crippen molar-refractivity contribution >= 4 is 27.5 Å². The van der Waals surface area contributed by atoms with E-state index in [1.807, 2.05) is 0 Å². The normalized spacial score (nSPS) is 19.9. The highest BCUT2D eigenvalue weighted by atomic mass is 79.9. The number of benzene rings is 1. The molecule has 0 saturated carbocycles. The zero-order valence-electron chi connectivity index (χ0n) is 11.5. The molecule has 2 rings (SSSR count). The summed E-state index contributed by atoms with van der Waals surface area (Å²) in [5, 5.41) is 2.90. The second-order valence-corrected chi connectivity index (χ2v) is 6.19. The third-order valence-electron chi connectivity index (χ3n) is 3.60. The monoisotopic (exact) mass is 343 g/mol. The van der Waals surface area contributed by atoms with E-state index in [0.717, 1.165) is 25.9 Å². The minimum absolute atomic E-state index is 0.0178. The molecule has 0 spiro atoms. The summed E-state index contributed by atoms with van der Waals surface area (Å²) in [5.41, 5.74) is 5.85. The number of hydrogen-bond donors (Lipinski definition) is 2. The van der Waals surface area contributed by atoms with E-state index in [0.29, 0.717) is 22.5 Å². The van der Waals surface area contributed by atoms with Gasteiger partial charge in [-0.1, -0.05) is 0 Å². The van der Waals surface area contributed by atoms with Crippen LogP contribution in [0.5, 0.6) is 0 Å². The average Bonchev–Trinajstić information content (AvgIpc) is 2.40. The molecule has 1 aliphatic rings. The molecule has 1 fully saturated rings. The van der Waals surface area contributed by atoms with Gasteiger partial charge in [0, 0.05) is 17.6 Å². The van der Waals surface area contributed by atoms with Crippen molar-refractivity contribution in [3.63, 3.8) is 0 Å². The minimum Gasteiger partial charge on any atom is -0.396 e. The Morgan fingerprint density at radius 2 is 2.35 bits per heavy atom. The van der Waals surface area contributed by atoms with Gasteiger partial charge in [-0.25, -0.2) is 4.39 Å². The van der Waals surface area contributed by atoms with Crippen LogP contribution in [0.3, 0.4) is 0 Å². The summed E-state index contributed by atoms with van der Waals surface area (Å²) >= 11 is 3.19. The summed E-state index contributed by atoms with van der Waals surface area (Å²) in [6, 6.07) is 2.58. The maximum atomic E-state index is 13.3. The number of nitrogens with zero attached hydrogens (tertiary/aromatic N) is 1. The van der Waals surface area contributed by atoms with Crippen LogP contribution in [0, 0.1) is 11.7 Å². The fourth-order valence-corrected chi connectivity index (χ4v) is 3.01. The number of rotatable bonds is 3. The van der Waals surface area contributed by atoms with Gasteiger partial charge in [-0.3, -0.25) is 4.79 Å². The van der Waals surface area contributed by atoms with Gasteiger partial charge in [0.1, 0.15) is 5.82 Å². The molecule has 1 aliphatic heterocycles. The number of carbonyl (C=O) groups is 1. The predicted molar refractivity (Wildman–Crippen MR) is 81.1 cm³/mol. The van der Waals surface area contributed by atoms with E-state index < -0.39 is 5.82 Å². The molecule has 110 valence electrons. The fourth-order valence-electron chi connectivity index (χ4n) is 2.51. The van der Waals surface area contributed by atoms with Crippen molar-refractivity contribution in [3.8, 4) is 0 Å². The Hall–Kier alpha value is -1.14. The lowest BCUT2D eigenvalue weighted by Gasteiger charge is -2.29. The number of amides is 1. The van der Waals surface area contributed by atoms with E-state index in [1.54, 1.807) is 0 Å². The zero-order valence-corrected chi connectivity index (χ0v) is 13.0. The standard InChI is InChI=1S/C14H19BrFN3O/c1-19-4-2-3-9(8-19)7-18-14(20)10-5-13(17)12(16)6-11(10)15/h5-6,9H,2-4,7-8,17H2,1H3,(H,18,20). The van der Waals surface area contributed by atoms with E-state index in [4.69, 9.17) is 5.73 Å². The Morgan fingerprint density at radius 3 is 3.05 bits per heavy atom. The minimum atomic E-state index is -0.526. The van der Waals surface area contributed by atoms with Crippen LogP contribution < -0.4 is 11.1 Å². The number of nitrogens with one attached hydrogen (secondary N) is 1. The van der Waals surface area contributed by atoms with Crippen molar-refractivity contribution in [1.29, 1.82) is 0 Å². The van der Waals surface area contributed by atoms with Crippen molar-refractivity contribution in [2.24, 2.45) is 5.92 Å². The van der Waals surface area contributed by atoms with Crippen molar-refractivity contribution in [1.82, 2.24) is 10.2 Å². The van der Waals surface area contributed by atoms with Gasteiger partial charge < -0.3 is 16.0 Å². The second-order valence-electron chi connectivity index (χ2n) is 5.33. The molecule has 1 heterocycles. The number of nitrogens with two attached hydrogens (primary N) is 1. The molecule has 0 aromatic heterocycles. The number of anilines is 1. The first-order valence-electron chi connectivity index (χ1n) is 6.68. The smallest absolute Gasteiger partial charge is 0.252 e. The Morgan fingerprint density at radius 1 is 1.60 bits per heavy atom. The van der Waals surface area contributed by atoms with Crippen LogP contribution in [0.15, 0.2) is 16.6 Å². The first-order valence-corrected chi connectivity index (χ1v) is 7.48. The molecule has 3 N–H and O–H groups in total. The molecule has 1 aromatic carbocycles.